The normalized spacial score (nSPS) is 16.9. The Kier molecular flexibility index (Phi) is 7.37. The summed E-state index contributed by atoms with van der Waals surface area (Å²) in [6.45, 7) is 9.24. The molecule has 0 spiro atoms. The largest absolute Gasteiger partial charge is 0.450 e. The number of para-hydroxylation sites is 1. The molecule has 1 aliphatic heterocycles. The molecule has 0 unspecified atom stereocenters. The van der Waals surface area contributed by atoms with Gasteiger partial charge >= 0.3 is 6.09 Å². The number of amides is 1. The van der Waals surface area contributed by atoms with Gasteiger partial charge < -0.3 is 20.3 Å². The van der Waals surface area contributed by atoms with Crippen molar-refractivity contribution in [2.45, 2.75) is 45.7 Å². The van der Waals surface area contributed by atoms with Gasteiger partial charge in [0.05, 0.1) is 6.61 Å². The highest BCUT2D eigenvalue weighted by Crippen LogP contribution is 2.14. The third-order valence-electron chi connectivity index (χ3n) is 4.58. The summed E-state index contributed by atoms with van der Waals surface area (Å²) in [4.78, 5) is 13.5. The van der Waals surface area contributed by atoms with Crippen molar-refractivity contribution < 1.29 is 9.53 Å². The number of likely N-dealkylation sites (tertiary alicyclic amines) is 1. The van der Waals surface area contributed by atoms with Gasteiger partial charge in [0.25, 0.3) is 0 Å². The topological polar surface area (TPSA) is 53.6 Å². The van der Waals surface area contributed by atoms with Crippen molar-refractivity contribution in [2.75, 3.05) is 31.6 Å². The van der Waals surface area contributed by atoms with Crippen LogP contribution in [0, 0.1) is 5.92 Å². The highest BCUT2D eigenvalue weighted by molar-refractivity contribution is 5.67. The van der Waals surface area contributed by atoms with E-state index in [1.807, 2.05) is 17.9 Å². The van der Waals surface area contributed by atoms with Gasteiger partial charge in [0.1, 0.15) is 0 Å². The standard InChI is InChI=1S/C19H31N3O2/c1-4-24-19(23)22-12-10-16(11-13-22)20-14-18(15(2)3)21-17-8-6-5-7-9-17/h5-9,15-16,18,20-21H,4,10-14H2,1-3H3/t18-/m0/s1. The summed E-state index contributed by atoms with van der Waals surface area (Å²) < 4.78 is 5.07. The van der Waals surface area contributed by atoms with Gasteiger partial charge in [-0.2, -0.15) is 0 Å². The lowest BCUT2D eigenvalue weighted by atomic mass is 10.0. The van der Waals surface area contributed by atoms with Crippen molar-refractivity contribution in [3.8, 4) is 0 Å². The Morgan fingerprint density at radius 2 is 1.92 bits per heavy atom. The maximum Gasteiger partial charge on any atom is 0.409 e. The van der Waals surface area contributed by atoms with Gasteiger partial charge in [0, 0.05) is 37.4 Å². The summed E-state index contributed by atoms with van der Waals surface area (Å²) >= 11 is 0. The molecule has 2 rings (SSSR count). The first-order chi connectivity index (χ1) is 11.6. The van der Waals surface area contributed by atoms with Crippen LogP contribution in [-0.4, -0.2) is 49.3 Å². The number of rotatable bonds is 7. The van der Waals surface area contributed by atoms with Crippen LogP contribution in [0.2, 0.25) is 0 Å². The molecule has 0 bridgehead atoms. The Hall–Kier alpha value is -1.75. The van der Waals surface area contributed by atoms with E-state index >= 15 is 0 Å². The van der Waals surface area contributed by atoms with E-state index in [2.05, 4.69) is 48.7 Å². The maximum absolute atomic E-state index is 11.7. The fraction of sp³-hybridized carbons (Fsp3) is 0.632. The van der Waals surface area contributed by atoms with Gasteiger partial charge in [0.15, 0.2) is 0 Å². The van der Waals surface area contributed by atoms with E-state index in [-0.39, 0.29) is 6.09 Å². The first-order valence-corrected chi connectivity index (χ1v) is 9.06. The summed E-state index contributed by atoms with van der Waals surface area (Å²) in [6.07, 6.45) is 1.78. The SMILES string of the molecule is CCOC(=O)N1CCC(NC[C@H](Nc2ccccc2)C(C)C)CC1. The quantitative estimate of drug-likeness (QED) is 0.803. The van der Waals surface area contributed by atoms with Crippen LogP contribution in [0.4, 0.5) is 10.5 Å². The molecule has 5 heteroatoms. The van der Waals surface area contributed by atoms with Crippen molar-refractivity contribution in [1.29, 1.82) is 0 Å². The summed E-state index contributed by atoms with van der Waals surface area (Å²) in [6, 6.07) is 11.2. The minimum Gasteiger partial charge on any atom is -0.450 e. The average Bonchev–Trinajstić information content (AvgIpc) is 2.60. The van der Waals surface area contributed by atoms with Gasteiger partial charge in [0.2, 0.25) is 0 Å². The first-order valence-electron chi connectivity index (χ1n) is 9.06. The molecule has 0 saturated carbocycles. The molecule has 1 fully saturated rings. The Bertz CT molecular complexity index is 485. The zero-order chi connectivity index (χ0) is 17.4. The minimum atomic E-state index is -0.179. The number of hydrogen-bond donors (Lipinski definition) is 2. The van der Waals surface area contributed by atoms with E-state index in [1.165, 1.54) is 0 Å². The second-order valence-electron chi connectivity index (χ2n) is 6.73. The Morgan fingerprint density at radius 1 is 1.25 bits per heavy atom. The minimum absolute atomic E-state index is 0.179. The smallest absolute Gasteiger partial charge is 0.409 e. The second kappa shape index (κ2) is 9.52. The van der Waals surface area contributed by atoms with Crippen LogP contribution >= 0.6 is 0 Å². The van der Waals surface area contributed by atoms with Crippen LogP contribution in [-0.2, 0) is 4.74 Å². The molecule has 0 aliphatic carbocycles. The Balaban J connectivity index is 1.76. The predicted molar refractivity (Wildman–Crippen MR) is 98.3 cm³/mol. The zero-order valence-electron chi connectivity index (χ0n) is 15.1. The van der Waals surface area contributed by atoms with E-state index in [1.54, 1.807) is 0 Å². The summed E-state index contributed by atoms with van der Waals surface area (Å²) in [5.41, 5.74) is 1.16. The highest BCUT2D eigenvalue weighted by Gasteiger charge is 2.24. The summed E-state index contributed by atoms with van der Waals surface area (Å²) in [5.74, 6) is 0.539. The molecule has 1 saturated heterocycles. The molecule has 1 atom stereocenters. The van der Waals surface area contributed by atoms with E-state index in [4.69, 9.17) is 4.74 Å². The predicted octanol–water partition coefficient (Wildman–Crippen LogP) is 3.33. The monoisotopic (exact) mass is 333 g/mol. The molecular weight excluding hydrogens is 302 g/mol. The fourth-order valence-electron chi connectivity index (χ4n) is 2.98. The first kappa shape index (κ1) is 18.6. The fourth-order valence-corrected chi connectivity index (χ4v) is 2.98. The molecule has 0 aromatic heterocycles. The van der Waals surface area contributed by atoms with E-state index in [0.29, 0.717) is 24.6 Å². The van der Waals surface area contributed by atoms with Gasteiger partial charge in [-0.15, -0.1) is 0 Å². The molecule has 0 radical (unpaired) electrons. The second-order valence-corrected chi connectivity index (χ2v) is 6.73. The third-order valence-corrected chi connectivity index (χ3v) is 4.58. The van der Waals surface area contributed by atoms with Gasteiger partial charge in [-0.05, 0) is 37.8 Å². The van der Waals surface area contributed by atoms with Crippen LogP contribution in [0.5, 0.6) is 0 Å². The number of ether oxygens (including phenoxy) is 1. The van der Waals surface area contributed by atoms with Crippen molar-refractivity contribution in [1.82, 2.24) is 10.2 Å². The lowest BCUT2D eigenvalue weighted by Crippen LogP contribution is -2.48. The van der Waals surface area contributed by atoms with Gasteiger partial charge in [-0.25, -0.2) is 4.79 Å². The Morgan fingerprint density at radius 3 is 2.50 bits per heavy atom. The number of piperidine rings is 1. The van der Waals surface area contributed by atoms with E-state index < -0.39 is 0 Å². The summed E-state index contributed by atoms with van der Waals surface area (Å²) in [7, 11) is 0. The molecule has 5 nitrogen and oxygen atoms in total. The van der Waals surface area contributed by atoms with E-state index in [9.17, 15) is 4.79 Å². The van der Waals surface area contributed by atoms with E-state index in [0.717, 1.165) is 38.2 Å². The molecule has 1 aromatic rings. The van der Waals surface area contributed by atoms with Crippen LogP contribution in [0.3, 0.4) is 0 Å². The molecule has 1 aliphatic rings. The zero-order valence-corrected chi connectivity index (χ0v) is 15.1. The lowest BCUT2D eigenvalue weighted by molar-refractivity contribution is 0.0949. The summed E-state index contributed by atoms with van der Waals surface area (Å²) in [5, 5.41) is 7.29. The van der Waals surface area contributed by atoms with Crippen LogP contribution < -0.4 is 10.6 Å². The number of anilines is 1. The highest BCUT2D eigenvalue weighted by atomic mass is 16.6. The van der Waals surface area contributed by atoms with Crippen LogP contribution in [0.1, 0.15) is 33.6 Å². The average molecular weight is 333 g/mol. The maximum atomic E-state index is 11.7. The van der Waals surface area contributed by atoms with Crippen LogP contribution in [0.25, 0.3) is 0 Å². The Labute approximate surface area is 145 Å². The van der Waals surface area contributed by atoms with Crippen molar-refractivity contribution in [3.63, 3.8) is 0 Å². The molecular formula is C19H31N3O2. The number of hydrogen-bond acceptors (Lipinski definition) is 4. The van der Waals surface area contributed by atoms with Crippen molar-refractivity contribution in [3.05, 3.63) is 30.3 Å². The number of nitrogens with one attached hydrogen (secondary N) is 2. The van der Waals surface area contributed by atoms with Gasteiger partial charge in [-0.3, -0.25) is 0 Å². The molecule has 1 amide bonds. The van der Waals surface area contributed by atoms with Crippen molar-refractivity contribution in [2.24, 2.45) is 5.92 Å². The molecule has 24 heavy (non-hydrogen) atoms. The van der Waals surface area contributed by atoms with Gasteiger partial charge in [-0.1, -0.05) is 32.0 Å². The molecule has 134 valence electrons. The van der Waals surface area contributed by atoms with Crippen molar-refractivity contribution >= 4 is 11.8 Å². The molecule has 1 aromatic carbocycles. The molecule has 2 N–H and O–H groups in total. The number of carbonyl (C=O) groups is 1. The lowest BCUT2D eigenvalue weighted by Gasteiger charge is -2.33. The number of nitrogens with zero attached hydrogens (tertiary/aromatic N) is 1. The number of benzene rings is 1. The molecule has 1 heterocycles. The third kappa shape index (κ3) is 5.71. The van der Waals surface area contributed by atoms with Crippen LogP contribution in [0.15, 0.2) is 30.3 Å². The number of carbonyl (C=O) groups excluding carboxylic acids is 1.